The molecule has 0 atom stereocenters. The molecule has 0 radical (unpaired) electrons. The van der Waals surface area contributed by atoms with Gasteiger partial charge in [0.05, 0.1) is 17.5 Å². The molecular weight excluding hydrogens is 230 g/mol. The van der Waals surface area contributed by atoms with Gasteiger partial charge < -0.3 is 5.32 Å². The predicted molar refractivity (Wildman–Crippen MR) is 67.2 cm³/mol. The summed E-state index contributed by atoms with van der Waals surface area (Å²) in [6.07, 6.45) is 2.32. The smallest absolute Gasteiger partial charge is 0.272 e. The number of amides is 1. The minimum Gasteiger partial charge on any atom is -0.353 e. The Bertz CT molecular complexity index is 659. The minimum absolute atomic E-state index is 0.0396. The van der Waals surface area contributed by atoms with Crippen LogP contribution in [0.4, 0.5) is 0 Å². The second kappa shape index (κ2) is 4.25. The second-order valence-electron chi connectivity index (χ2n) is 4.56. The molecule has 5 nitrogen and oxygen atoms in total. The van der Waals surface area contributed by atoms with Crippen LogP contribution in [-0.2, 0) is 11.2 Å². The van der Waals surface area contributed by atoms with Gasteiger partial charge in [-0.3, -0.25) is 9.59 Å². The number of nitrogens with one attached hydrogen (secondary N) is 2. The molecule has 0 saturated heterocycles. The lowest BCUT2D eigenvalue weighted by molar-refractivity contribution is -0.120. The van der Waals surface area contributed by atoms with E-state index in [1.807, 2.05) is 12.1 Å². The molecule has 0 bridgehead atoms. The number of rotatable bonds is 3. The van der Waals surface area contributed by atoms with Crippen LogP contribution >= 0.6 is 0 Å². The van der Waals surface area contributed by atoms with Crippen LogP contribution in [0.3, 0.4) is 0 Å². The van der Waals surface area contributed by atoms with E-state index in [1.165, 1.54) is 0 Å². The number of aromatic amines is 1. The van der Waals surface area contributed by atoms with Gasteiger partial charge >= 0.3 is 0 Å². The summed E-state index contributed by atoms with van der Waals surface area (Å²) in [7, 11) is 0. The van der Waals surface area contributed by atoms with Gasteiger partial charge in [-0.25, -0.2) is 5.10 Å². The van der Waals surface area contributed by atoms with Crippen LogP contribution in [0.5, 0.6) is 0 Å². The number of hydrogen-bond acceptors (Lipinski definition) is 3. The standard InChI is InChI=1S/C13H13N3O2/c17-12(14-8-5-6-8)7-11-9-3-1-2-4-10(9)13(18)16-15-11/h1-4,8H,5-7H2,(H,14,17)(H,16,18). The van der Waals surface area contributed by atoms with E-state index in [0.717, 1.165) is 18.2 Å². The van der Waals surface area contributed by atoms with Gasteiger partial charge in [-0.05, 0) is 18.9 Å². The van der Waals surface area contributed by atoms with E-state index in [-0.39, 0.29) is 17.9 Å². The van der Waals surface area contributed by atoms with Crippen LogP contribution in [0, 0.1) is 0 Å². The zero-order valence-electron chi connectivity index (χ0n) is 9.77. The summed E-state index contributed by atoms with van der Waals surface area (Å²) in [5, 5.41) is 10.6. The second-order valence-corrected chi connectivity index (χ2v) is 4.56. The SMILES string of the molecule is O=C(Cc1n[nH]c(=O)c2ccccc12)NC1CC1. The van der Waals surface area contributed by atoms with E-state index in [4.69, 9.17) is 0 Å². The molecule has 1 saturated carbocycles. The molecule has 1 heterocycles. The van der Waals surface area contributed by atoms with E-state index in [9.17, 15) is 9.59 Å². The van der Waals surface area contributed by atoms with Crippen LogP contribution in [0.1, 0.15) is 18.5 Å². The highest BCUT2D eigenvalue weighted by Crippen LogP contribution is 2.19. The van der Waals surface area contributed by atoms with Crippen molar-refractivity contribution < 1.29 is 4.79 Å². The fourth-order valence-electron chi connectivity index (χ4n) is 1.96. The first kappa shape index (κ1) is 11.0. The van der Waals surface area contributed by atoms with E-state index in [0.29, 0.717) is 17.1 Å². The first-order valence-electron chi connectivity index (χ1n) is 6.00. The average molecular weight is 243 g/mol. The molecule has 0 spiro atoms. The Hall–Kier alpha value is -2.17. The van der Waals surface area contributed by atoms with Crippen molar-refractivity contribution in [3.8, 4) is 0 Å². The Morgan fingerprint density at radius 1 is 1.33 bits per heavy atom. The number of fused-ring (bicyclic) bond motifs is 1. The van der Waals surface area contributed by atoms with Gasteiger partial charge in [0, 0.05) is 11.4 Å². The number of carbonyl (C=O) groups excluding carboxylic acids is 1. The molecule has 1 fully saturated rings. The molecule has 1 amide bonds. The van der Waals surface area contributed by atoms with Gasteiger partial charge in [-0.15, -0.1) is 0 Å². The Kier molecular flexibility index (Phi) is 2.59. The maximum Gasteiger partial charge on any atom is 0.272 e. The van der Waals surface area contributed by atoms with Crippen LogP contribution in [0.2, 0.25) is 0 Å². The average Bonchev–Trinajstić information content (AvgIpc) is 3.17. The predicted octanol–water partition coefficient (Wildman–Crippen LogP) is 0.744. The summed E-state index contributed by atoms with van der Waals surface area (Å²) in [5.41, 5.74) is 0.389. The Labute approximate surface area is 103 Å². The van der Waals surface area contributed by atoms with Gasteiger partial charge in [-0.1, -0.05) is 18.2 Å². The van der Waals surface area contributed by atoms with Crippen molar-refractivity contribution in [3.05, 3.63) is 40.3 Å². The van der Waals surface area contributed by atoms with E-state index < -0.39 is 0 Å². The Morgan fingerprint density at radius 2 is 2.06 bits per heavy atom. The van der Waals surface area contributed by atoms with Gasteiger partial charge in [0.2, 0.25) is 5.91 Å². The summed E-state index contributed by atoms with van der Waals surface area (Å²) in [5.74, 6) is -0.0396. The highest BCUT2D eigenvalue weighted by molar-refractivity contribution is 5.88. The van der Waals surface area contributed by atoms with Gasteiger partial charge in [0.1, 0.15) is 0 Å². The topological polar surface area (TPSA) is 74.8 Å². The number of hydrogen-bond donors (Lipinski definition) is 2. The first-order valence-corrected chi connectivity index (χ1v) is 6.00. The Balaban J connectivity index is 1.93. The lowest BCUT2D eigenvalue weighted by Gasteiger charge is -2.05. The quantitative estimate of drug-likeness (QED) is 0.835. The summed E-state index contributed by atoms with van der Waals surface area (Å²) in [6.45, 7) is 0. The number of aromatic nitrogens is 2. The minimum atomic E-state index is -0.225. The fraction of sp³-hybridized carbons (Fsp3) is 0.308. The van der Waals surface area contributed by atoms with E-state index in [2.05, 4.69) is 15.5 Å². The molecule has 2 aromatic rings. The van der Waals surface area contributed by atoms with Crippen molar-refractivity contribution in [2.24, 2.45) is 0 Å². The third-order valence-electron chi connectivity index (χ3n) is 3.05. The number of carbonyl (C=O) groups is 1. The lowest BCUT2D eigenvalue weighted by Crippen LogP contribution is -2.28. The van der Waals surface area contributed by atoms with Crippen molar-refractivity contribution in [1.82, 2.24) is 15.5 Å². The van der Waals surface area contributed by atoms with Crippen LogP contribution in [0.15, 0.2) is 29.1 Å². The molecule has 3 rings (SSSR count). The van der Waals surface area contributed by atoms with Crippen LogP contribution in [0.25, 0.3) is 10.8 Å². The molecule has 0 unspecified atom stereocenters. The van der Waals surface area contributed by atoms with E-state index in [1.54, 1.807) is 12.1 Å². The summed E-state index contributed by atoms with van der Waals surface area (Å²) >= 11 is 0. The van der Waals surface area contributed by atoms with Crippen molar-refractivity contribution in [1.29, 1.82) is 0 Å². The highest BCUT2D eigenvalue weighted by atomic mass is 16.1. The van der Waals surface area contributed by atoms with Crippen molar-refractivity contribution in [2.75, 3.05) is 0 Å². The number of nitrogens with zero attached hydrogens (tertiary/aromatic N) is 1. The van der Waals surface area contributed by atoms with Crippen molar-refractivity contribution >= 4 is 16.7 Å². The summed E-state index contributed by atoms with van der Waals surface area (Å²) in [4.78, 5) is 23.3. The molecule has 1 aliphatic rings. The molecule has 18 heavy (non-hydrogen) atoms. The monoisotopic (exact) mass is 243 g/mol. The maximum absolute atomic E-state index is 11.7. The van der Waals surface area contributed by atoms with Crippen molar-refractivity contribution in [3.63, 3.8) is 0 Å². The molecule has 5 heteroatoms. The zero-order valence-corrected chi connectivity index (χ0v) is 9.77. The van der Waals surface area contributed by atoms with Crippen LogP contribution in [-0.4, -0.2) is 22.1 Å². The highest BCUT2D eigenvalue weighted by Gasteiger charge is 2.23. The molecule has 92 valence electrons. The molecular formula is C13H13N3O2. The molecule has 2 N–H and O–H groups in total. The molecule has 1 aromatic carbocycles. The molecule has 0 aliphatic heterocycles. The maximum atomic E-state index is 11.7. The zero-order chi connectivity index (χ0) is 12.5. The third-order valence-corrected chi connectivity index (χ3v) is 3.05. The van der Waals surface area contributed by atoms with Gasteiger partial charge in [0.25, 0.3) is 5.56 Å². The summed E-state index contributed by atoms with van der Waals surface area (Å²) in [6, 6.07) is 7.53. The number of H-pyrrole nitrogens is 1. The molecule has 1 aromatic heterocycles. The van der Waals surface area contributed by atoms with Crippen molar-refractivity contribution in [2.45, 2.75) is 25.3 Å². The van der Waals surface area contributed by atoms with Crippen LogP contribution < -0.4 is 10.9 Å². The molecule has 1 aliphatic carbocycles. The number of benzene rings is 1. The largest absolute Gasteiger partial charge is 0.353 e. The third kappa shape index (κ3) is 2.11. The van der Waals surface area contributed by atoms with Gasteiger partial charge in [0.15, 0.2) is 0 Å². The van der Waals surface area contributed by atoms with E-state index >= 15 is 0 Å². The first-order chi connectivity index (χ1) is 8.74. The van der Waals surface area contributed by atoms with Gasteiger partial charge in [-0.2, -0.15) is 5.10 Å². The Morgan fingerprint density at radius 3 is 2.78 bits per heavy atom. The lowest BCUT2D eigenvalue weighted by atomic mass is 10.1. The summed E-state index contributed by atoms with van der Waals surface area (Å²) < 4.78 is 0. The normalized spacial score (nSPS) is 14.7. The fourth-order valence-corrected chi connectivity index (χ4v) is 1.96.